The van der Waals surface area contributed by atoms with E-state index in [0.29, 0.717) is 0 Å². The Morgan fingerprint density at radius 1 is 1.43 bits per heavy atom. The van der Waals surface area contributed by atoms with Crippen LogP contribution in [-0.2, 0) is 0 Å². The highest BCUT2D eigenvalue weighted by Gasteiger charge is 2.17. The van der Waals surface area contributed by atoms with Crippen LogP contribution in [0.5, 0.6) is 0 Å². The highest BCUT2D eigenvalue weighted by atomic mass is 32.2. The van der Waals surface area contributed by atoms with E-state index in [-0.39, 0.29) is 23.5 Å². The molecule has 1 heterocycles. The molecule has 110 valence electrons. The summed E-state index contributed by atoms with van der Waals surface area (Å²) in [6.07, 6.45) is 3.12. The molecular weight excluding hydrogens is 290 g/mol. The second kappa shape index (κ2) is 6.89. The van der Waals surface area contributed by atoms with Crippen LogP contribution in [0.15, 0.2) is 36.5 Å². The maximum Gasteiger partial charge on any atom is 0.329 e. The van der Waals surface area contributed by atoms with Gasteiger partial charge in [0.05, 0.1) is 11.0 Å². The number of nitro groups is 1. The maximum atomic E-state index is 10.7. The zero-order chi connectivity index (χ0) is 15.2. The van der Waals surface area contributed by atoms with Crippen LogP contribution in [-0.4, -0.2) is 26.9 Å². The number of nitrogens with two attached hydrogens (primary N) is 1. The molecule has 1 aromatic heterocycles. The quantitative estimate of drug-likeness (QED) is 0.623. The minimum Gasteiger partial charge on any atom is -0.378 e. The molecule has 0 aliphatic heterocycles. The topological polar surface area (TPSA) is 107 Å². The first-order chi connectivity index (χ1) is 10.1. The molecule has 0 bridgehead atoms. The van der Waals surface area contributed by atoms with E-state index in [1.165, 1.54) is 0 Å². The SMILES string of the molecule is CSC[C@H](Nc1ncc([N+](=O)[O-])c(N)n1)c1ccccc1. The van der Waals surface area contributed by atoms with Gasteiger partial charge in [0, 0.05) is 5.75 Å². The molecule has 0 radical (unpaired) electrons. The van der Waals surface area contributed by atoms with Crippen molar-refractivity contribution < 1.29 is 4.92 Å². The maximum absolute atomic E-state index is 10.7. The lowest BCUT2D eigenvalue weighted by atomic mass is 10.1. The number of hydrogen-bond donors (Lipinski definition) is 2. The Balaban J connectivity index is 2.21. The number of anilines is 2. The van der Waals surface area contributed by atoms with Gasteiger partial charge in [-0.3, -0.25) is 10.1 Å². The third-order valence-electron chi connectivity index (χ3n) is 2.83. The Bertz CT molecular complexity index is 623. The fourth-order valence-corrected chi connectivity index (χ4v) is 2.44. The summed E-state index contributed by atoms with van der Waals surface area (Å²) >= 11 is 1.68. The van der Waals surface area contributed by atoms with Crippen LogP contribution in [0.3, 0.4) is 0 Å². The smallest absolute Gasteiger partial charge is 0.329 e. The molecule has 2 aromatic rings. The first-order valence-electron chi connectivity index (χ1n) is 6.19. The molecule has 0 unspecified atom stereocenters. The number of hydrogen-bond acceptors (Lipinski definition) is 7. The Kier molecular flexibility index (Phi) is 4.94. The molecule has 0 saturated heterocycles. The highest BCUT2D eigenvalue weighted by molar-refractivity contribution is 7.98. The predicted molar refractivity (Wildman–Crippen MR) is 84.3 cm³/mol. The van der Waals surface area contributed by atoms with Gasteiger partial charge in [-0.15, -0.1) is 0 Å². The second-order valence-corrected chi connectivity index (χ2v) is 5.19. The van der Waals surface area contributed by atoms with Crippen molar-refractivity contribution in [2.75, 3.05) is 23.1 Å². The minimum absolute atomic E-state index is 0.00190. The van der Waals surface area contributed by atoms with Crippen LogP contribution in [0.4, 0.5) is 17.5 Å². The summed E-state index contributed by atoms with van der Waals surface area (Å²) in [5.41, 5.74) is 6.37. The molecule has 8 heteroatoms. The summed E-state index contributed by atoms with van der Waals surface area (Å²) in [4.78, 5) is 18.0. The van der Waals surface area contributed by atoms with Gasteiger partial charge in [0.25, 0.3) is 0 Å². The predicted octanol–water partition coefficient (Wildman–Crippen LogP) is 2.48. The number of nitrogens with zero attached hydrogens (tertiary/aromatic N) is 3. The van der Waals surface area contributed by atoms with Crippen molar-refractivity contribution in [1.82, 2.24) is 9.97 Å². The first-order valence-corrected chi connectivity index (χ1v) is 7.58. The van der Waals surface area contributed by atoms with Crippen molar-refractivity contribution in [2.45, 2.75) is 6.04 Å². The minimum atomic E-state index is -0.602. The lowest BCUT2D eigenvalue weighted by Gasteiger charge is -2.18. The fraction of sp³-hybridized carbons (Fsp3) is 0.231. The molecule has 7 nitrogen and oxygen atoms in total. The number of aromatic nitrogens is 2. The first kappa shape index (κ1) is 15.0. The van der Waals surface area contributed by atoms with Gasteiger partial charge < -0.3 is 11.1 Å². The van der Waals surface area contributed by atoms with Gasteiger partial charge in [-0.1, -0.05) is 30.3 Å². The van der Waals surface area contributed by atoms with E-state index in [1.54, 1.807) is 11.8 Å². The summed E-state index contributed by atoms with van der Waals surface area (Å²) in [6, 6.07) is 9.86. The molecule has 0 saturated carbocycles. The van der Waals surface area contributed by atoms with Crippen LogP contribution in [0.2, 0.25) is 0 Å². The number of thioether (sulfide) groups is 1. The van der Waals surface area contributed by atoms with Crippen LogP contribution in [0.1, 0.15) is 11.6 Å². The zero-order valence-electron chi connectivity index (χ0n) is 11.4. The molecule has 1 atom stereocenters. The molecule has 1 aromatic carbocycles. The third kappa shape index (κ3) is 3.82. The van der Waals surface area contributed by atoms with Gasteiger partial charge in [0.2, 0.25) is 11.8 Å². The third-order valence-corrected chi connectivity index (χ3v) is 3.50. The molecule has 0 amide bonds. The van der Waals surface area contributed by atoms with Crippen molar-refractivity contribution in [3.05, 3.63) is 52.2 Å². The van der Waals surface area contributed by atoms with Gasteiger partial charge in [-0.25, -0.2) is 4.98 Å². The van der Waals surface area contributed by atoms with Gasteiger partial charge in [0.1, 0.15) is 6.20 Å². The number of benzene rings is 1. The average molecular weight is 305 g/mol. The summed E-state index contributed by atoms with van der Waals surface area (Å²) in [5.74, 6) is 0.944. The Morgan fingerprint density at radius 2 is 2.14 bits per heavy atom. The second-order valence-electron chi connectivity index (χ2n) is 4.28. The summed E-state index contributed by atoms with van der Waals surface area (Å²) in [7, 11) is 0. The molecule has 0 aliphatic carbocycles. The highest BCUT2D eigenvalue weighted by Crippen LogP contribution is 2.23. The Morgan fingerprint density at radius 3 is 2.71 bits per heavy atom. The fourth-order valence-electron chi connectivity index (χ4n) is 1.83. The average Bonchev–Trinajstić information content (AvgIpc) is 2.47. The zero-order valence-corrected chi connectivity index (χ0v) is 12.2. The number of rotatable bonds is 6. The molecule has 3 N–H and O–H groups in total. The van der Waals surface area contributed by atoms with Crippen molar-refractivity contribution in [2.24, 2.45) is 0 Å². The van der Waals surface area contributed by atoms with E-state index >= 15 is 0 Å². The summed E-state index contributed by atoms with van der Waals surface area (Å²) < 4.78 is 0. The number of nitrogen functional groups attached to an aromatic ring is 1. The van der Waals surface area contributed by atoms with Crippen molar-refractivity contribution >= 4 is 29.2 Å². The Labute approximate surface area is 126 Å². The molecule has 21 heavy (non-hydrogen) atoms. The number of nitrogens with one attached hydrogen (secondary N) is 1. The van der Waals surface area contributed by atoms with Crippen LogP contribution in [0.25, 0.3) is 0 Å². The van der Waals surface area contributed by atoms with Crippen molar-refractivity contribution in [3.63, 3.8) is 0 Å². The van der Waals surface area contributed by atoms with E-state index in [9.17, 15) is 10.1 Å². The Hall–Kier alpha value is -2.35. The molecule has 0 spiro atoms. The van der Waals surface area contributed by atoms with Crippen molar-refractivity contribution in [1.29, 1.82) is 0 Å². The molecule has 0 fully saturated rings. The van der Waals surface area contributed by atoms with Gasteiger partial charge in [0.15, 0.2) is 0 Å². The van der Waals surface area contributed by atoms with Crippen molar-refractivity contribution in [3.8, 4) is 0 Å². The van der Waals surface area contributed by atoms with Gasteiger partial charge in [-0.05, 0) is 11.8 Å². The molecular formula is C13H15N5O2S. The summed E-state index contributed by atoms with van der Waals surface area (Å²) in [6.45, 7) is 0. The summed E-state index contributed by atoms with van der Waals surface area (Å²) in [5, 5.41) is 13.9. The lowest BCUT2D eigenvalue weighted by Crippen LogP contribution is -2.16. The van der Waals surface area contributed by atoms with Crippen LogP contribution < -0.4 is 11.1 Å². The van der Waals surface area contributed by atoms with Crippen LogP contribution in [0, 0.1) is 10.1 Å². The van der Waals surface area contributed by atoms with E-state index in [2.05, 4.69) is 15.3 Å². The van der Waals surface area contributed by atoms with E-state index in [1.807, 2.05) is 36.6 Å². The van der Waals surface area contributed by atoms with Gasteiger partial charge in [-0.2, -0.15) is 16.7 Å². The van der Waals surface area contributed by atoms with Gasteiger partial charge >= 0.3 is 5.69 Å². The van der Waals surface area contributed by atoms with E-state index < -0.39 is 4.92 Å². The standard InChI is InChI=1S/C13H15N5O2S/c1-21-8-10(9-5-3-2-4-6-9)16-13-15-7-11(18(19)20)12(14)17-13/h2-7,10H,8H2,1H3,(H3,14,15,16,17)/t10-/m0/s1. The monoisotopic (exact) mass is 305 g/mol. The lowest BCUT2D eigenvalue weighted by molar-refractivity contribution is -0.384. The van der Waals surface area contributed by atoms with E-state index in [4.69, 9.17) is 5.73 Å². The normalized spacial score (nSPS) is 11.9. The molecule has 0 aliphatic rings. The van der Waals surface area contributed by atoms with Crippen LogP contribution >= 0.6 is 11.8 Å². The molecule has 2 rings (SSSR count). The largest absolute Gasteiger partial charge is 0.378 e. The van der Waals surface area contributed by atoms with E-state index in [0.717, 1.165) is 17.5 Å².